The fraction of sp³-hybridized carbons (Fsp3) is 0. The van der Waals surface area contributed by atoms with Crippen molar-refractivity contribution in [3.8, 4) is 0 Å². The van der Waals surface area contributed by atoms with Gasteiger partial charge in [0.25, 0.3) is 0 Å². The smallest absolute Gasteiger partial charge is 0.184 e. The molecule has 2 heterocycles. The van der Waals surface area contributed by atoms with Crippen LogP contribution in [0.25, 0.3) is 0 Å². The molecule has 4 nitrogen and oxygen atoms in total. The first-order valence-electron chi connectivity index (χ1n) is 2.62. The van der Waals surface area contributed by atoms with Gasteiger partial charge in [0.2, 0.25) is 0 Å². The van der Waals surface area contributed by atoms with Crippen molar-refractivity contribution in [2.75, 3.05) is 0 Å². The maximum absolute atomic E-state index is 5.64. The predicted molar refractivity (Wildman–Crippen MR) is 37.0 cm³/mol. The summed E-state index contributed by atoms with van der Waals surface area (Å²) in [7, 11) is 0. The SMILES string of the molecule is Clc1ncnc2c1N=C[N]2. The predicted octanol–water partition coefficient (Wildman–Crippen LogP) is 1.04. The largest absolute Gasteiger partial charge is 0.230 e. The van der Waals surface area contributed by atoms with Crippen molar-refractivity contribution >= 4 is 29.4 Å². The van der Waals surface area contributed by atoms with E-state index in [1.165, 1.54) is 12.7 Å². The van der Waals surface area contributed by atoms with Crippen LogP contribution in [0.1, 0.15) is 0 Å². The summed E-state index contributed by atoms with van der Waals surface area (Å²) in [5.74, 6) is 0.542. The highest BCUT2D eigenvalue weighted by molar-refractivity contribution is 6.32. The maximum Gasteiger partial charge on any atom is 0.184 e. The first-order valence-corrected chi connectivity index (χ1v) is 2.99. The summed E-state index contributed by atoms with van der Waals surface area (Å²) in [6.45, 7) is 0. The Morgan fingerprint density at radius 2 is 2.20 bits per heavy atom. The van der Waals surface area contributed by atoms with Gasteiger partial charge in [-0.3, -0.25) is 0 Å². The Kier molecular flexibility index (Phi) is 1.07. The lowest BCUT2D eigenvalue weighted by molar-refractivity contribution is 1.12. The van der Waals surface area contributed by atoms with Crippen LogP contribution >= 0.6 is 11.6 Å². The van der Waals surface area contributed by atoms with Crippen LogP contribution in [0.5, 0.6) is 0 Å². The number of nitrogens with zero attached hydrogens (tertiary/aromatic N) is 4. The summed E-state index contributed by atoms with van der Waals surface area (Å²) in [6.07, 6.45) is 2.77. The lowest BCUT2D eigenvalue weighted by Crippen LogP contribution is -1.89. The second-order valence-corrected chi connectivity index (χ2v) is 2.07. The minimum absolute atomic E-state index is 0.350. The van der Waals surface area contributed by atoms with E-state index >= 15 is 0 Å². The molecule has 0 bridgehead atoms. The molecule has 0 aliphatic carbocycles. The van der Waals surface area contributed by atoms with E-state index in [0.717, 1.165) is 0 Å². The Labute approximate surface area is 62.0 Å². The van der Waals surface area contributed by atoms with E-state index in [1.807, 2.05) is 0 Å². The number of halogens is 1. The minimum Gasteiger partial charge on any atom is -0.230 e. The van der Waals surface area contributed by atoms with Crippen LogP contribution in [0.15, 0.2) is 11.3 Å². The average Bonchev–Trinajstić information content (AvgIpc) is 2.36. The highest BCUT2D eigenvalue weighted by Gasteiger charge is 2.12. The third kappa shape index (κ3) is 0.657. The monoisotopic (exact) mass is 153 g/mol. The Morgan fingerprint density at radius 1 is 1.30 bits per heavy atom. The number of rotatable bonds is 0. The molecular weight excluding hydrogens is 152 g/mol. The summed E-state index contributed by atoms with van der Waals surface area (Å²) in [4.78, 5) is 11.4. The normalized spacial score (nSPS) is 12.9. The van der Waals surface area contributed by atoms with Crippen LogP contribution in [-0.4, -0.2) is 16.3 Å². The molecule has 2 rings (SSSR count). The van der Waals surface area contributed by atoms with Crippen LogP contribution in [0, 0.1) is 0 Å². The zero-order valence-corrected chi connectivity index (χ0v) is 5.58. The molecule has 0 saturated heterocycles. The van der Waals surface area contributed by atoms with Gasteiger partial charge in [0.1, 0.15) is 18.4 Å². The maximum atomic E-state index is 5.64. The highest BCUT2D eigenvalue weighted by atomic mass is 35.5. The van der Waals surface area contributed by atoms with Crippen molar-refractivity contribution < 1.29 is 0 Å². The molecule has 1 radical (unpaired) electrons. The van der Waals surface area contributed by atoms with Gasteiger partial charge in [0.15, 0.2) is 11.0 Å². The Morgan fingerprint density at radius 3 is 3.00 bits per heavy atom. The van der Waals surface area contributed by atoms with Gasteiger partial charge in [0.05, 0.1) is 0 Å². The highest BCUT2D eigenvalue weighted by Crippen LogP contribution is 2.31. The zero-order chi connectivity index (χ0) is 6.97. The van der Waals surface area contributed by atoms with Gasteiger partial charge in [-0.25, -0.2) is 20.3 Å². The molecule has 1 aliphatic rings. The van der Waals surface area contributed by atoms with Crippen molar-refractivity contribution in [3.63, 3.8) is 0 Å². The van der Waals surface area contributed by atoms with Gasteiger partial charge < -0.3 is 0 Å². The van der Waals surface area contributed by atoms with E-state index in [9.17, 15) is 0 Å². The van der Waals surface area contributed by atoms with Crippen molar-refractivity contribution in [3.05, 3.63) is 11.5 Å². The molecule has 0 fully saturated rings. The lowest BCUT2D eigenvalue weighted by Gasteiger charge is -1.93. The summed E-state index contributed by atoms with van der Waals surface area (Å²) in [5.41, 5.74) is 0.559. The molecule has 1 aliphatic heterocycles. The molecule has 10 heavy (non-hydrogen) atoms. The summed E-state index contributed by atoms with van der Waals surface area (Å²) in [6, 6.07) is 0. The summed E-state index contributed by atoms with van der Waals surface area (Å²) >= 11 is 5.64. The van der Waals surface area contributed by atoms with Crippen molar-refractivity contribution in [1.82, 2.24) is 15.3 Å². The van der Waals surface area contributed by atoms with Gasteiger partial charge in [-0.15, -0.1) is 0 Å². The Balaban J connectivity index is 2.67. The Hall–Kier alpha value is -1.16. The molecule has 0 saturated carbocycles. The molecule has 0 spiro atoms. The van der Waals surface area contributed by atoms with Crippen LogP contribution in [0.3, 0.4) is 0 Å². The van der Waals surface area contributed by atoms with Crippen LogP contribution < -0.4 is 5.32 Å². The molecule has 0 amide bonds. The standard InChI is InChI=1S/C5H2ClN4/c6-4-3-5(9-1-7-3)10-2-8-4/h1-2H. The molecule has 1 aromatic rings. The van der Waals surface area contributed by atoms with Crippen molar-refractivity contribution in [2.24, 2.45) is 4.99 Å². The van der Waals surface area contributed by atoms with Gasteiger partial charge in [-0.05, 0) is 0 Å². The summed E-state index contributed by atoms with van der Waals surface area (Å²) < 4.78 is 0. The van der Waals surface area contributed by atoms with E-state index in [0.29, 0.717) is 16.7 Å². The lowest BCUT2D eigenvalue weighted by atomic mass is 10.5. The van der Waals surface area contributed by atoms with Crippen molar-refractivity contribution in [2.45, 2.75) is 0 Å². The first kappa shape index (κ1) is 5.61. The fourth-order valence-corrected chi connectivity index (χ4v) is 0.873. The number of hydrogen-bond acceptors (Lipinski definition) is 3. The van der Waals surface area contributed by atoms with Crippen LogP contribution in [0.2, 0.25) is 5.15 Å². The zero-order valence-electron chi connectivity index (χ0n) is 4.82. The third-order valence-corrected chi connectivity index (χ3v) is 1.40. The molecule has 49 valence electrons. The molecule has 0 atom stereocenters. The van der Waals surface area contributed by atoms with Gasteiger partial charge in [0, 0.05) is 0 Å². The topological polar surface area (TPSA) is 52.2 Å². The summed E-state index contributed by atoms with van der Waals surface area (Å²) in [5, 5.41) is 4.18. The number of aliphatic imine (C=N–C) groups is 1. The molecule has 5 heteroatoms. The number of fused-ring (bicyclic) bond motifs is 1. The van der Waals surface area contributed by atoms with E-state index in [2.05, 4.69) is 20.3 Å². The van der Waals surface area contributed by atoms with E-state index in [-0.39, 0.29) is 0 Å². The minimum atomic E-state index is 0.350. The molecule has 1 aromatic heterocycles. The molecule has 0 unspecified atom stereocenters. The first-order chi connectivity index (χ1) is 4.88. The number of aromatic nitrogens is 2. The van der Waals surface area contributed by atoms with Gasteiger partial charge in [-0.1, -0.05) is 11.6 Å². The van der Waals surface area contributed by atoms with E-state index in [1.54, 1.807) is 0 Å². The van der Waals surface area contributed by atoms with Crippen LogP contribution in [-0.2, 0) is 0 Å². The molecule has 0 N–H and O–H groups in total. The second kappa shape index (κ2) is 1.91. The van der Waals surface area contributed by atoms with Gasteiger partial charge >= 0.3 is 0 Å². The van der Waals surface area contributed by atoms with E-state index in [4.69, 9.17) is 11.6 Å². The van der Waals surface area contributed by atoms with Crippen LogP contribution in [0.4, 0.5) is 11.5 Å². The Bertz CT molecular complexity index is 296. The van der Waals surface area contributed by atoms with Crippen molar-refractivity contribution in [1.29, 1.82) is 0 Å². The van der Waals surface area contributed by atoms with E-state index < -0.39 is 0 Å². The average molecular weight is 154 g/mol. The fourth-order valence-electron chi connectivity index (χ4n) is 0.696. The molecule has 0 aromatic carbocycles. The second-order valence-electron chi connectivity index (χ2n) is 1.71. The molecular formula is C5H2ClN4. The quantitative estimate of drug-likeness (QED) is 0.523. The third-order valence-electron chi connectivity index (χ3n) is 1.13. The van der Waals surface area contributed by atoms with Gasteiger partial charge in [-0.2, -0.15) is 0 Å². The number of hydrogen-bond donors (Lipinski definition) is 0.